The molecule has 0 aromatic carbocycles. The zero-order valence-electron chi connectivity index (χ0n) is 10.8. The Morgan fingerprint density at radius 3 is 2.76 bits per heavy atom. The molecule has 0 aliphatic rings. The molecule has 0 bridgehead atoms. The van der Waals surface area contributed by atoms with Crippen LogP contribution in [0.4, 0.5) is 0 Å². The van der Waals surface area contributed by atoms with Crippen molar-refractivity contribution in [1.29, 1.82) is 0 Å². The zero-order valence-corrected chi connectivity index (χ0v) is 11.6. The van der Waals surface area contributed by atoms with E-state index in [1.54, 1.807) is 11.3 Å². The van der Waals surface area contributed by atoms with Gasteiger partial charge in [0, 0.05) is 18.0 Å². The van der Waals surface area contributed by atoms with Crippen molar-refractivity contribution in [3.05, 3.63) is 22.4 Å². The smallest absolute Gasteiger partial charge is 0.224 e. The minimum Gasteiger partial charge on any atom is -0.355 e. The van der Waals surface area contributed by atoms with Crippen molar-refractivity contribution in [2.75, 3.05) is 20.1 Å². The average molecular weight is 254 g/mol. The first-order valence-electron chi connectivity index (χ1n) is 6.09. The maximum atomic E-state index is 12.0. The molecule has 1 aromatic heterocycles. The molecule has 1 aromatic rings. The lowest BCUT2D eigenvalue weighted by molar-refractivity contribution is -0.126. The highest BCUT2D eigenvalue weighted by atomic mass is 32.1. The fraction of sp³-hybridized carbons (Fsp3) is 0.615. The lowest BCUT2D eigenvalue weighted by atomic mass is 9.95. The molecule has 0 fully saturated rings. The number of carbonyl (C=O) groups excluding carboxylic acids is 1. The maximum absolute atomic E-state index is 12.0. The maximum Gasteiger partial charge on any atom is 0.224 e. The highest BCUT2D eigenvalue weighted by Gasteiger charge is 2.20. The Hall–Kier alpha value is -0.870. The number of carbonyl (C=O) groups is 1. The van der Waals surface area contributed by atoms with Crippen LogP contribution in [-0.2, 0) is 11.2 Å². The van der Waals surface area contributed by atoms with Crippen LogP contribution in [0.2, 0.25) is 0 Å². The van der Waals surface area contributed by atoms with Gasteiger partial charge in [-0.05, 0) is 30.8 Å². The normalized spacial score (nSPS) is 12.7. The third kappa shape index (κ3) is 4.88. The van der Waals surface area contributed by atoms with Crippen LogP contribution >= 0.6 is 11.3 Å². The number of thiophene rings is 1. The van der Waals surface area contributed by atoms with E-state index in [-0.39, 0.29) is 11.8 Å². The SMILES string of the molecule is CNCC(C(=O)NCCc1cccs1)C(C)C. The summed E-state index contributed by atoms with van der Waals surface area (Å²) in [4.78, 5) is 13.3. The first kappa shape index (κ1) is 14.2. The van der Waals surface area contributed by atoms with Crippen LogP contribution in [0.5, 0.6) is 0 Å². The second-order valence-electron chi connectivity index (χ2n) is 4.53. The standard InChI is InChI=1S/C13H22N2OS/c1-10(2)12(9-14-3)13(16)15-7-6-11-5-4-8-17-11/h4-5,8,10,12,14H,6-7,9H2,1-3H3,(H,15,16). The van der Waals surface area contributed by atoms with Crippen molar-refractivity contribution in [3.63, 3.8) is 0 Å². The lowest BCUT2D eigenvalue weighted by Crippen LogP contribution is -2.39. The summed E-state index contributed by atoms with van der Waals surface area (Å²) in [5, 5.41) is 8.15. The molecule has 1 rings (SSSR count). The molecule has 1 unspecified atom stereocenters. The molecule has 0 radical (unpaired) electrons. The summed E-state index contributed by atoms with van der Waals surface area (Å²) in [6, 6.07) is 4.14. The fourth-order valence-electron chi connectivity index (χ4n) is 1.75. The van der Waals surface area contributed by atoms with E-state index in [4.69, 9.17) is 0 Å². The van der Waals surface area contributed by atoms with Crippen molar-refractivity contribution >= 4 is 17.2 Å². The van der Waals surface area contributed by atoms with Crippen LogP contribution < -0.4 is 10.6 Å². The van der Waals surface area contributed by atoms with Crippen molar-refractivity contribution in [2.24, 2.45) is 11.8 Å². The molecule has 0 aliphatic heterocycles. The molecular formula is C13H22N2OS. The number of amides is 1. The lowest BCUT2D eigenvalue weighted by Gasteiger charge is -2.19. The van der Waals surface area contributed by atoms with Gasteiger partial charge >= 0.3 is 0 Å². The summed E-state index contributed by atoms with van der Waals surface area (Å²) < 4.78 is 0. The summed E-state index contributed by atoms with van der Waals surface area (Å²) in [5.41, 5.74) is 0. The molecule has 2 N–H and O–H groups in total. The minimum absolute atomic E-state index is 0.0586. The van der Waals surface area contributed by atoms with Crippen LogP contribution in [0.3, 0.4) is 0 Å². The van der Waals surface area contributed by atoms with Gasteiger partial charge < -0.3 is 10.6 Å². The first-order chi connectivity index (χ1) is 8.15. The third-order valence-corrected chi connectivity index (χ3v) is 3.75. The van der Waals surface area contributed by atoms with E-state index >= 15 is 0 Å². The Kier molecular flexibility index (Phi) is 6.22. The molecule has 96 valence electrons. The quantitative estimate of drug-likeness (QED) is 0.780. The molecule has 1 heterocycles. The minimum atomic E-state index is 0.0586. The van der Waals surface area contributed by atoms with Gasteiger partial charge in [0.05, 0.1) is 5.92 Å². The van der Waals surface area contributed by atoms with Crippen LogP contribution in [0.1, 0.15) is 18.7 Å². The fourth-order valence-corrected chi connectivity index (χ4v) is 2.45. The van der Waals surface area contributed by atoms with E-state index in [9.17, 15) is 4.79 Å². The summed E-state index contributed by atoms with van der Waals surface area (Å²) in [6.07, 6.45) is 0.924. The Morgan fingerprint density at radius 1 is 1.47 bits per heavy atom. The van der Waals surface area contributed by atoms with E-state index in [2.05, 4.69) is 35.9 Å². The number of nitrogens with one attached hydrogen (secondary N) is 2. The Labute approximate surface area is 108 Å². The van der Waals surface area contributed by atoms with Crippen molar-refractivity contribution < 1.29 is 4.79 Å². The molecule has 1 amide bonds. The van der Waals surface area contributed by atoms with Gasteiger partial charge in [-0.2, -0.15) is 0 Å². The number of rotatable bonds is 7. The highest BCUT2D eigenvalue weighted by molar-refractivity contribution is 7.09. The van der Waals surface area contributed by atoms with Crippen LogP contribution in [-0.4, -0.2) is 26.0 Å². The molecule has 1 atom stereocenters. The molecule has 17 heavy (non-hydrogen) atoms. The van der Waals surface area contributed by atoms with Gasteiger partial charge in [-0.1, -0.05) is 19.9 Å². The van der Waals surface area contributed by atoms with E-state index < -0.39 is 0 Å². The molecule has 0 saturated carbocycles. The summed E-state index contributed by atoms with van der Waals surface area (Å²) in [7, 11) is 1.88. The second kappa shape index (κ2) is 7.45. The topological polar surface area (TPSA) is 41.1 Å². The average Bonchev–Trinajstić information content (AvgIpc) is 2.78. The van der Waals surface area contributed by atoms with Gasteiger partial charge in [-0.3, -0.25) is 4.79 Å². The van der Waals surface area contributed by atoms with Crippen LogP contribution in [0.25, 0.3) is 0 Å². The molecule has 0 spiro atoms. The number of hydrogen-bond acceptors (Lipinski definition) is 3. The van der Waals surface area contributed by atoms with Gasteiger partial charge in [-0.25, -0.2) is 0 Å². The molecule has 3 nitrogen and oxygen atoms in total. The molecule has 4 heteroatoms. The van der Waals surface area contributed by atoms with Gasteiger partial charge in [0.15, 0.2) is 0 Å². The Balaban J connectivity index is 2.31. The third-order valence-electron chi connectivity index (χ3n) is 2.82. The highest BCUT2D eigenvalue weighted by Crippen LogP contribution is 2.11. The Bertz CT molecular complexity index is 322. The summed E-state index contributed by atoms with van der Waals surface area (Å²) in [5.74, 6) is 0.582. The largest absolute Gasteiger partial charge is 0.355 e. The summed E-state index contributed by atoms with van der Waals surface area (Å²) in [6.45, 7) is 5.64. The predicted octanol–water partition coefficient (Wildman–Crippen LogP) is 1.90. The second-order valence-corrected chi connectivity index (χ2v) is 5.56. The van der Waals surface area contributed by atoms with E-state index in [1.165, 1.54) is 4.88 Å². The molecule has 0 aliphatic carbocycles. The van der Waals surface area contributed by atoms with Gasteiger partial charge in [0.1, 0.15) is 0 Å². The van der Waals surface area contributed by atoms with Crippen molar-refractivity contribution in [1.82, 2.24) is 10.6 Å². The first-order valence-corrected chi connectivity index (χ1v) is 6.97. The predicted molar refractivity (Wildman–Crippen MR) is 73.3 cm³/mol. The van der Waals surface area contributed by atoms with E-state index in [0.29, 0.717) is 5.92 Å². The zero-order chi connectivity index (χ0) is 12.7. The van der Waals surface area contributed by atoms with E-state index in [1.807, 2.05) is 13.1 Å². The van der Waals surface area contributed by atoms with Gasteiger partial charge in [0.25, 0.3) is 0 Å². The monoisotopic (exact) mass is 254 g/mol. The van der Waals surface area contributed by atoms with Crippen molar-refractivity contribution in [3.8, 4) is 0 Å². The molecular weight excluding hydrogens is 232 g/mol. The molecule has 0 saturated heterocycles. The van der Waals surface area contributed by atoms with Gasteiger partial charge in [-0.15, -0.1) is 11.3 Å². The van der Waals surface area contributed by atoms with E-state index in [0.717, 1.165) is 19.5 Å². The van der Waals surface area contributed by atoms with Gasteiger partial charge in [0.2, 0.25) is 5.91 Å². The Morgan fingerprint density at radius 2 is 2.24 bits per heavy atom. The van der Waals surface area contributed by atoms with Crippen LogP contribution in [0.15, 0.2) is 17.5 Å². The van der Waals surface area contributed by atoms with Crippen LogP contribution in [0, 0.1) is 11.8 Å². The van der Waals surface area contributed by atoms with Crippen molar-refractivity contribution in [2.45, 2.75) is 20.3 Å². The number of hydrogen-bond donors (Lipinski definition) is 2. The summed E-state index contributed by atoms with van der Waals surface area (Å²) >= 11 is 1.74.